The van der Waals surface area contributed by atoms with Crippen molar-refractivity contribution in [3.05, 3.63) is 0 Å². The normalized spacial score (nSPS) is 23.9. The van der Waals surface area contributed by atoms with Crippen molar-refractivity contribution in [3.8, 4) is 0 Å². The molecule has 0 radical (unpaired) electrons. The summed E-state index contributed by atoms with van der Waals surface area (Å²) in [7, 11) is 0. The second-order valence-corrected chi connectivity index (χ2v) is 6.57. The molecule has 1 atom stereocenters. The summed E-state index contributed by atoms with van der Waals surface area (Å²) in [6.45, 7) is 4.87. The second kappa shape index (κ2) is 7.25. The molecule has 2 rings (SSSR count). The number of hydrogen-bond donors (Lipinski definition) is 1. The van der Waals surface area contributed by atoms with Crippen LogP contribution < -0.4 is 0 Å². The molecule has 120 valence electrons. The minimum atomic E-state index is -0.0998. The van der Waals surface area contributed by atoms with Crippen molar-refractivity contribution < 1.29 is 14.7 Å². The van der Waals surface area contributed by atoms with Crippen LogP contribution in [0.5, 0.6) is 0 Å². The number of carbonyl (C=O) groups excluding carboxylic acids is 2. The monoisotopic (exact) mass is 296 g/mol. The lowest BCUT2D eigenvalue weighted by atomic mass is 9.94. The van der Waals surface area contributed by atoms with Crippen LogP contribution in [0.15, 0.2) is 0 Å². The third-order valence-electron chi connectivity index (χ3n) is 4.81. The summed E-state index contributed by atoms with van der Waals surface area (Å²) in [6.07, 6.45) is 5.67. The molecule has 5 heteroatoms. The molecule has 1 N–H and O–H groups in total. The van der Waals surface area contributed by atoms with E-state index in [9.17, 15) is 9.59 Å². The minimum absolute atomic E-state index is 0.0120. The average molecular weight is 296 g/mol. The standard InChI is InChI=1S/C16H28N2O3/c1-12(2)17(9-10-19)16(21)13-7-8-15(20)18(11-13)14-5-3-4-6-14/h12-14,19H,3-11H2,1-2H3/t13-/m0/s1. The van der Waals surface area contributed by atoms with Gasteiger partial charge in [0.15, 0.2) is 0 Å². The van der Waals surface area contributed by atoms with Crippen molar-refractivity contribution in [2.75, 3.05) is 19.7 Å². The molecule has 0 aromatic carbocycles. The fraction of sp³-hybridized carbons (Fsp3) is 0.875. The van der Waals surface area contributed by atoms with E-state index in [1.54, 1.807) is 4.90 Å². The lowest BCUT2D eigenvalue weighted by Crippen LogP contribution is -2.51. The maximum absolute atomic E-state index is 12.7. The van der Waals surface area contributed by atoms with E-state index < -0.39 is 0 Å². The van der Waals surface area contributed by atoms with Gasteiger partial charge in [0.1, 0.15) is 0 Å². The van der Waals surface area contributed by atoms with E-state index in [0.717, 1.165) is 12.8 Å². The Hall–Kier alpha value is -1.10. The SMILES string of the molecule is CC(C)N(CCO)C(=O)[C@H]1CCC(=O)N(C2CCCC2)C1. The van der Waals surface area contributed by atoms with Gasteiger partial charge in [-0.3, -0.25) is 9.59 Å². The van der Waals surface area contributed by atoms with Crippen LogP contribution >= 0.6 is 0 Å². The fourth-order valence-corrected chi connectivity index (χ4v) is 3.61. The summed E-state index contributed by atoms with van der Waals surface area (Å²) >= 11 is 0. The summed E-state index contributed by atoms with van der Waals surface area (Å²) in [6, 6.07) is 0.431. The largest absolute Gasteiger partial charge is 0.395 e. The van der Waals surface area contributed by atoms with E-state index in [1.165, 1.54) is 12.8 Å². The van der Waals surface area contributed by atoms with Crippen LogP contribution in [0.2, 0.25) is 0 Å². The molecular weight excluding hydrogens is 268 g/mol. The van der Waals surface area contributed by atoms with Crippen LogP contribution in [0.4, 0.5) is 0 Å². The van der Waals surface area contributed by atoms with Crippen molar-refractivity contribution in [2.24, 2.45) is 5.92 Å². The first-order valence-corrected chi connectivity index (χ1v) is 8.25. The summed E-state index contributed by atoms with van der Waals surface area (Å²) in [5.41, 5.74) is 0. The Labute approximate surface area is 127 Å². The number of aliphatic hydroxyl groups is 1. The van der Waals surface area contributed by atoms with Crippen molar-refractivity contribution in [1.82, 2.24) is 9.80 Å². The van der Waals surface area contributed by atoms with Gasteiger partial charge in [0.25, 0.3) is 0 Å². The van der Waals surface area contributed by atoms with Gasteiger partial charge in [0.2, 0.25) is 11.8 Å². The first-order valence-electron chi connectivity index (χ1n) is 8.25. The molecule has 1 aliphatic carbocycles. The lowest BCUT2D eigenvalue weighted by molar-refractivity contribution is -0.146. The summed E-state index contributed by atoms with van der Waals surface area (Å²) in [4.78, 5) is 28.5. The van der Waals surface area contributed by atoms with Gasteiger partial charge in [-0.05, 0) is 33.1 Å². The summed E-state index contributed by atoms with van der Waals surface area (Å²) in [5, 5.41) is 9.14. The zero-order valence-electron chi connectivity index (χ0n) is 13.3. The molecule has 1 heterocycles. The van der Waals surface area contributed by atoms with E-state index in [4.69, 9.17) is 5.11 Å². The molecule has 21 heavy (non-hydrogen) atoms. The zero-order chi connectivity index (χ0) is 15.4. The molecule has 1 saturated carbocycles. The number of likely N-dealkylation sites (tertiary alicyclic amines) is 1. The van der Waals surface area contributed by atoms with Crippen molar-refractivity contribution in [1.29, 1.82) is 0 Å². The Kier molecular flexibility index (Phi) is 5.62. The predicted molar refractivity (Wildman–Crippen MR) is 80.6 cm³/mol. The third kappa shape index (κ3) is 3.76. The van der Waals surface area contributed by atoms with Gasteiger partial charge in [-0.2, -0.15) is 0 Å². The number of carbonyl (C=O) groups is 2. The molecule has 0 unspecified atom stereocenters. The summed E-state index contributed by atoms with van der Waals surface area (Å²) < 4.78 is 0. The third-order valence-corrected chi connectivity index (χ3v) is 4.81. The fourth-order valence-electron chi connectivity index (χ4n) is 3.61. The van der Waals surface area contributed by atoms with E-state index in [-0.39, 0.29) is 30.4 Å². The van der Waals surface area contributed by atoms with Crippen molar-refractivity contribution in [3.63, 3.8) is 0 Å². The molecule has 5 nitrogen and oxygen atoms in total. The van der Waals surface area contributed by atoms with E-state index in [2.05, 4.69) is 0 Å². The average Bonchev–Trinajstić information content (AvgIpc) is 2.98. The highest BCUT2D eigenvalue weighted by atomic mass is 16.3. The molecule has 0 spiro atoms. The van der Waals surface area contributed by atoms with Crippen LogP contribution in [-0.2, 0) is 9.59 Å². The van der Waals surface area contributed by atoms with Crippen LogP contribution in [-0.4, -0.2) is 58.5 Å². The van der Waals surface area contributed by atoms with Gasteiger partial charge in [-0.15, -0.1) is 0 Å². The van der Waals surface area contributed by atoms with Crippen molar-refractivity contribution in [2.45, 2.75) is 64.5 Å². The number of aliphatic hydroxyl groups excluding tert-OH is 1. The second-order valence-electron chi connectivity index (χ2n) is 6.57. The van der Waals surface area contributed by atoms with Gasteiger partial charge in [-0.25, -0.2) is 0 Å². The Morgan fingerprint density at radius 1 is 1.33 bits per heavy atom. The van der Waals surface area contributed by atoms with E-state index in [1.807, 2.05) is 18.7 Å². The number of hydrogen-bond acceptors (Lipinski definition) is 3. The van der Waals surface area contributed by atoms with E-state index in [0.29, 0.717) is 32.0 Å². The quantitative estimate of drug-likeness (QED) is 0.834. The van der Waals surface area contributed by atoms with Gasteiger partial charge in [0.05, 0.1) is 12.5 Å². The smallest absolute Gasteiger partial charge is 0.227 e. The Morgan fingerprint density at radius 2 is 2.00 bits per heavy atom. The molecular formula is C16H28N2O3. The number of rotatable bonds is 5. The Balaban J connectivity index is 2.02. The summed E-state index contributed by atoms with van der Waals surface area (Å²) in [5.74, 6) is 0.205. The number of piperidine rings is 1. The van der Waals surface area contributed by atoms with Crippen molar-refractivity contribution >= 4 is 11.8 Å². The first kappa shape index (κ1) is 16.3. The number of nitrogens with zero attached hydrogens (tertiary/aromatic N) is 2. The minimum Gasteiger partial charge on any atom is -0.395 e. The molecule has 1 aliphatic heterocycles. The highest BCUT2D eigenvalue weighted by Gasteiger charge is 2.36. The van der Waals surface area contributed by atoms with Crippen LogP contribution in [0, 0.1) is 5.92 Å². The lowest BCUT2D eigenvalue weighted by Gasteiger charge is -2.38. The molecule has 2 amide bonds. The Bertz CT molecular complexity index is 378. The maximum atomic E-state index is 12.7. The van der Waals surface area contributed by atoms with Gasteiger partial charge in [-0.1, -0.05) is 12.8 Å². The molecule has 0 bridgehead atoms. The number of amides is 2. The van der Waals surface area contributed by atoms with E-state index >= 15 is 0 Å². The van der Waals surface area contributed by atoms with Crippen LogP contribution in [0.25, 0.3) is 0 Å². The first-order chi connectivity index (χ1) is 10.0. The molecule has 2 aliphatic rings. The van der Waals surface area contributed by atoms with Gasteiger partial charge in [0, 0.05) is 31.6 Å². The molecule has 0 aromatic heterocycles. The van der Waals surface area contributed by atoms with Crippen LogP contribution in [0.3, 0.4) is 0 Å². The predicted octanol–water partition coefficient (Wildman–Crippen LogP) is 1.40. The molecule has 0 aromatic rings. The highest BCUT2D eigenvalue weighted by molar-refractivity contribution is 5.84. The zero-order valence-corrected chi connectivity index (χ0v) is 13.3. The highest BCUT2D eigenvalue weighted by Crippen LogP contribution is 2.29. The van der Waals surface area contributed by atoms with Gasteiger partial charge >= 0.3 is 0 Å². The topological polar surface area (TPSA) is 60.9 Å². The maximum Gasteiger partial charge on any atom is 0.227 e. The van der Waals surface area contributed by atoms with Crippen LogP contribution in [0.1, 0.15) is 52.4 Å². The van der Waals surface area contributed by atoms with Gasteiger partial charge < -0.3 is 14.9 Å². The molecule has 1 saturated heterocycles. The Morgan fingerprint density at radius 3 is 2.57 bits per heavy atom. The molecule has 2 fully saturated rings.